The van der Waals surface area contributed by atoms with Crippen LogP contribution in [0.2, 0.25) is 0 Å². The van der Waals surface area contributed by atoms with Crippen molar-refractivity contribution in [1.82, 2.24) is 10.2 Å². The van der Waals surface area contributed by atoms with Crippen LogP contribution in [0.3, 0.4) is 0 Å². The molecule has 138 valence electrons. The summed E-state index contributed by atoms with van der Waals surface area (Å²) in [7, 11) is 0. The topological polar surface area (TPSA) is 101 Å². The van der Waals surface area contributed by atoms with Gasteiger partial charge in [0.25, 0.3) is 5.91 Å². The molecule has 3 heterocycles. The number of aromatic nitrogens is 2. The molecule has 0 radical (unpaired) electrons. The summed E-state index contributed by atoms with van der Waals surface area (Å²) in [5.74, 6) is 0.900. The Kier molecular flexibility index (Phi) is 4.23. The monoisotopic (exact) mass is 366 g/mol. The van der Waals surface area contributed by atoms with Crippen molar-refractivity contribution in [1.29, 1.82) is 0 Å². The molecule has 0 saturated carbocycles. The molecule has 0 spiro atoms. The summed E-state index contributed by atoms with van der Waals surface area (Å²) >= 11 is 0. The zero-order valence-electron chi connectivity index (χ0n) is 14.9. The number of carbonyl (C=O) groups excluding carboxylic acids is 2. The number of para-hydroxylation sites is 1. The quantitative estimate of drug-likeness (QED) is 0.761. The van der Waals surface area contributed by atoms with Crippen LogP contribution in [-0.4, -0.2) is 28.6 Å². The van der Waals surface area contributed by atoms with Crippen LogP contribution < -0.4 is 10.2 Å². The zero-order chi connectivity index (χ0) is 19.0. The molecular weight excluding hydrogens is 348 g/mol. The van der Waals surface area contributed by atoms with Gasteiger partial charge in [-0.3, -0.25) is 14.9 Å². The number of hydrogen-bond donors (Lipinski definition) is 1. The molecule has 1 atom stereocenters. The Labute approximate surface area is 155 Å². The summed E-state index contributed by atoms with van der Waals surface area (Å²) in [6, 6.07) is 11.1. The lowest BCUT2D eigenvalue weighted by Crippen LogP contribution is -2.24. The van der Waals surface area contributed by atoms with Crippen molar-refractivity contribution in [3.8, 4) is 0 Å². The van der Waals surface area contributed by atoms with E-state index in [0.717, 1.165) is 5.69 Å². The van der Waals surface area contributed by atoms with Crippen molar-refractivity contribution in [2.75, 3.05) is 16.8 Å². The van der Waals surface area contributed by atoms with E-state index in [1.54, 1.807) is 24.8 Å². The molecule has 1 N–H and O–H groups in total. The third kappa shape index (κ3) is 3.33. The average Bonchev–Trinajstić information content (AvgIpc) is 3.34. The van der Waals surface area contributed by atoms with Crippen LogP contribution in [0.4, 0.5) is 11.7 Å². The van der Waals surface area contributed by atoms with Crippen molar-refractivity contribution < 1.29 is 18.4 Å². The second-order valence-electron chi connectivity index (χ2n) is 6.47. The Morgan fingerprint density at radius 1 is 1.19 bits per heavy atom. The molecule has 3 aromatic rings. The predicted molar refractivity (Wildman–Crippen MR) is 96.6 cm³/mol. The van der Waals surface area contributed by atoms with Crippen LogP contribution in [0.5, 0.6) is 0 Å². The van der Waals surface area contributed by atoms with Crippen LogP contribution in [0.25, 0.3) is 0 Å². The maximum atomic E-state index is 12.3. The fourth-order valence-electron chi connectivity index (χ4n) is 3.20. The molecule has 1 fully saturated rings. The number of hydrogen-bond acceptors (Lipinski definition) is 6. The lowest BCUT2D eigenvalue weighted by Gasteiger charge is -2.15. The van der Waals surface area contributed by atoms with Crippen LogP contribution in [0, 0.1) is 13.8 Å². The van der Waals surface area contributed by atoms with Crippen LogP contribution in [-0.2, 0) is 4.79 Å². The maximum Gasteiger partial charge on any atom is 0.322 e. The number of nitrogens with one attached hydrogen (secondary N) is 1. The zero-order valence-corrected chi connectivity index (χ0v) is 14.9. The summed E-state index contributed by atoms with van der Waals surface area (Å²) in [6.45, 7) is 3.94. The largest absolute Gasteiger partial charge is 0.466 e. The van der Waals surface area contributed by atoms with Gasteiger partial charge in [0.05, 0.1) is 11.5 Å². The van der Waals surface area contributed by atoms with E-state index in [9.17, 15) is 9.59 Å². The molecule has 8 heteroatoms. The summed E-state index contributed by atoms with van der Waals surface area (Å²) in [4.78, 5) is 26.3. The lowest BCUT2D eigenvalue weighted by molar-refractivity contribution is -0.117. The van der Waals surface area contributed by atoms with Gasteiger partial charge >= 0.3 is 6.01 Å². The smallest absolute Gasteiger partial charge is 0.322 e. The Morgan fingerprint density at radius 2 is 1.96 bits per heavy atom. The summed E-state index contributed by atoms with van der Waals surface area (Å²) in [5.41, 5.74) is 1.25. The highest BCUT2D eigenvalue weighted by molar-refractivity contribution is 6.03. The predicted octanol–water partition coefficient (Wildman–Crippen LogP) is 3.05. The van der Waals surface area contributed by atoms with E-state index in [0.29, 0.717) is 29.5 Å². The van der Waals surface area contributed by atoms with E-state index in [-0.39, 0.29) is 30.2 Å². The van der Waals surface area contributed by atoms with E-state index in [4.69, 9.17) is 8.83 Å². The highest BCUT2D eigenvalue weighted by Crippen LogP contribution is 2.31. The Hall–Kier alpha value is -3.42. The summed E-state index contributed by atoms with van der Waals surface area (Å²) in [5, 5.41) is 10.5. The van der Waals surface area contributed by atoms with Gasteiger partial charge in [0.15, 0.2) is 0 Å². The fourth-order valence-corrected chi connectivity index (χ4v) is 3.20. The van der Waals surface area contributed by atoms with Crippen molar-refractivity contribution in [3.63, 3.8) is 0 Å². The summed E-state index contributed by atoms with van der Waals surface area (Å²) in [6.07, 6.45) is 0.282. The van der Waals surface area contributed by atoms with Gasteiger partial charge in [-0.25, -0.2) is 0 Å². The van der Waals surface area contributed by atoms with Gasteiger partial charge in [-0.2, -0.15) is 0 Å². The molecule has 2 amide bonds. The van der Waals surface area contributed by atoms with Crippen molar-refractivity contribution in [3.05, 3.63) is 59.4 Å². The van der Waals surface area contributed by atoms with Crippen LogP contribution in [0.1, 0.15) is 40.1 Å². The number of rotatable bonds is 4. The highest BCUT2D eigenvalue weighted by atomic mass is 16.4. The van der Waals surface area contributed by atoms with Crippen molar-refractivity contribution >= 4 is 23.5 Å². The van der Waals surface area contributed by atoms with E-state index in [2.05, 4.69) is 15.5 Å². The molecule has 0 bridgehead atoms. The Balaban J connectivity index is 1.46. The molecule has 27 heavy (non-hydrogen) atoms. The first-order valence-electron chi connectivity index (χ1n) is 8.58. The minimum absolute atomic E-state index is 0.000479. The van der Waals surface area contributed by atoms with Gasteiger partial charge in [0, 0.05) is 18.7 Å². The first-order valence-corrected chi connectivity index (χ1v) is 8.58. The molecule has 2 aromatic heterocycles. The maximum absolute atomic E-state index is 12.3. The lowest BCUT2D eigenvalue weighted by atomic mass is 10.1. The van der Waals surface area contributed by atoms with Crippen LogP contribution in [0.15, 0.2) is 45.2 Å². The third-order valence-electron chi connectivity index (χ3n) is 4.49. The average molecular weight is 366 g/mol. The van der Waals surface area contributed by atoms with Gasteiger partial charge in [-0.15, -0.1) is 5.10 Å². The first kappa shape index (κ1) is 17.0. The molecule has 1 aliphatic heterocycles. The number of anilines is 2. The normalized spacial score (nSPS) is 16.7. The number of aryl methyl sites for hydroxylation is 2. The molecule has 1 aliphatic rings. The summed E-state index contributed by atoms with van der Waals surface area (Å²) < 4.78 is 10.9. The Bertz CT molecular complexity index is 992. The highest BCUT2D eigenvalue weighted by Gasteiger charge is 2.35. The SMILES string of the molecule is Cc1cc(C(=O)Nc2nnc(C3CC(=O)N(c4ccccc4)C3)o2)c(C)o1. The first-order chi connectivity index (χ1) is 13.0. The second-order valence-corrected chi connectivity index (χ2v) is 6.47. The van der Waals surface area contributed by atoms with E-state index in [1.807, 2.05) is 30.3 Å². The molecule has 1 aromatic carbocycles. The molecule has 0 aliphatic carbocycles. The number of furan rings is 1. The second kappa shape index (κ2) is 6.71. The number of nitrogens with zero attached hydrogens (tertiary/aromatic N) is 3. The van der Waals surface area contributed by atoms with Gasteiger partial charge in [0.2, 0.25) is 11.8 Å². The minimum atomic E-state index is -0.382. The number of amides is 2. The molecule has 8 nitrogen and oxygen atoms in total. The number of carbonyl (C=O) groups is 2. The third-order valence-corrected chi connectivity index (χ3v) is 4.49. The van der Waals surface area contributed by atoms with Crippen LogP contribution >= 0.6 is 0 Å². The van der Waals surface area contributed by atoms with Crippen molar-refractivity contribution in [2.45, 2.75) is 26.2 Å². The van der Waals surface area contributed by atoms with E-state index >= 15 is 0 Å². The standard InChI is InChI=1S/C19H18N4O4/c1-11-8-15(12(2)26-11)17(25)20-19-22-21-18(27-19)13-9-16(24)23(10-13)14-6-4-3-5-7-14/h3-8,13H,9-10H2,1-2H3,(H,20,22,25). The van der Waals surface area contributed by atoms with Gasteiger partial charge < -0.3 is 13.7 Å². The van der Waals surface area contributed by atoms with Gasteiger partial charge in [-0.1, -0.05) is 23.3 Å². The van der Waals surface area contributed by atoms with E-state index in [1.165, 1.54) is 0 Å². The fraction of sp³-hybridized carbons (Fsp3) is 0.263. The Morgan fingerprint density at radius 3 is 2.67 bits per heavy atom. The molecule has 1 unspecified atom stereocenters. The molecule has 1 saturated heterocycles. The van der Waals surface area contributed by atoms with Crippen molar-refractivity contribution in [2.24, 2.45) is 0 Å². The number of benzene rings is 1. The molecular formula is C19H18N4O4. The van der Waals surface area contributed by atoms with Gasteiger partial charge in [-0.05, 0) is 32.0 Å². The van der Waals surface area contributed by atoms with Gasteiger partial charge in [0.1, 0.15) is 11.5 Å². The minimum Gasteiger partial charge on any atom is -0.466 e. The molecule has 4 rings (SSSR count). The van der Waals surface area contributed by atoms with E-state index < -0.39 is 0 Å².